The highest BCUT2D eigenvalue weighted by molar-refractivity contribution is 7.92. The van der Waals surface area contributed by atoms with Gasteiger partial charge in [0.2, 0.25) is 11.8 Å². The van der Waals surface area contributed by atoms with E-state index in [2.05, 4.69) is 5.32 Å². The summed E-state index contributed by atoms with van der Waals surface area (Å²) in [5.74, 6) is -0.101. The minimum absolute atomic E-state index is 0.0485. The molecule has 12 heteroatoms. The molecule has 0 bridgehead atoms. The molecular formula is C34H42ClN3O7S. The third-order valence-corrected chi connectivity index (χ3v) is 10.2. The molecule has 3 aromatic carbocycles. The molecule has 0 aliphatic heterocycles. The molecular weight excluding hydrogens is 630 g/mol. The van der Waals surface area contributed by atoms with Gasteiger partial charge < -0.3 is 24.4 Å². The van der Waals surface area contributed by atoms with Gasteiger partial charge in [-0.3, -0.25) is 13.9 Å². The number of benzene rings is 3. The molecule has 1 atom stereocenters. The van der Waals surface area contributed by atoms with Gasteiger partial charge in [0.05, 0.1) is 31.9 Å². The van der Waals surface area contributed by atoms with Gasteiger partial charge in [0.15, 0.2) is 11.5 Å². The van der Waals surface area contributed by atoms with Gasteiger partial charge in [-0.15, -0.1) is 0 Å². The summed E-state index contributed by atoms with van der Waals surface area (Å²) < 4.78 is 45.9. The monoisotopic (exact) mass is 671 g/mol. The van der Waals surface area contributed by atoms with Crippen LogP contribution in [0.4, 0.5) is 5.69 Å². The molecule has 0 heterocycles. The average molecular weight is 672 g/mol. The van der Waals surface area contributed by atoms with Gasteiger partial charge in [0, 0.05) is 23.7 Å². The van der Waals surface area contributed by atoms with E-state index in [9.17, 15) is 18.0 Å². The van der Waals surface area contributed by atoms with Crippen molar-refractivity contribution in [2.45, 2.75) is 62.4 Å². The molecule has 1 saturated carbocycles. The number of nitrogens with zero attached hydrogens (tertiary/aromatic N) is 2. The number of rotatable bonds is 14. The molecule has 1 aliphatic carbocycles. The first kappa shape index (κ1) is 34.9. The second-order valence-electron chi connectivity index (χ2n) is 11.2. The number of amides is 2. The summed E-state index contributed by atoms with van der Waals surface area (Å²) in [6, 6.07) is 17.5. The van der Waals surface area contributed by atoms with E-state index in [1.807, 2.05) is 30.3 Å². The van der Waals surface area contributed by atoms with Crippen LogP contribution >= 0.6 is 11.6 Å². The summed E-state index contributed by atoms with van der Waals surface area (Å²) >= 11 is 6.34. The van der Waals surface area contributed by atoms with Crippen LogP contribution in [0.25, 0.3) is 0 Å². The lowest BCUT2D eigenvalue weighted by atomic mass is 9.95. The number of carbonyl (C=O) groups is 2. The Hall–Kier alpha value is -3.96. The Morgan fingerprint density at radius 2 is 1.54 bits per heavy atom. The Kier molecular flexibility index (Phi) is 12.2. The van der Waals surface area contributed by atoms with Gasteiger partial charge in [-0.05, 0) is 62.1 Å². The minimum atomic E-state index is -4.41. The van der Waals surface area contributed by atoms with Gasteiger partial charge in [0.1, 0.15) is 18.3 Å². The predicted octanol–water partition coefficient (Wildman–Crippen LogP) is 5.47. The molecule has 1 N–H and O–H groups in total. The van der Waals surface area contributed by atoms with Crippen molar-refractivity contribution < 1.29 is 32.2 Å². The second-order valence-corrected chi connectivity index (χ2v) is 13.5. The first-order valence-electron chi connectivity index (χ1n) is 15.3. The topological polar surface area (TPSA) is 114 Å². The van der Waals surface area contributed by atoms with Gasteiger partial charge >= 0.3 is 0 Å². The first-order chi connectivity index (χ1) is 22.1. The molecule has 0 radical (unpaired) electrons. The van der Waals surface area contributed by atoms with Crippen molar-refractivity contribution in [3.8, 4) is 17.2 Å². The van der Waals surface area contributed by atoms with Crippen molar-refractivity contribution in [1.82, 2.24) is 10.2 Å². The standard InChI is InChI=1S/C34H42ClN3O7S/c1-24(34(40)36-27-13-9-6-10-14-27)37(20-19-25-11-7-5-8-12-25)33(39)23-38(29-21-26(35)15-17-30(29)43-2)46(41,42)28-16-18-31(44-3)32(22-28)45-4/h5,7-8,11-12,15-18,21-22,24,27H,6,9-10,13-14,19-20,23H2,1-4H3,(H,36,40)/t24-/m0/s1. The highest BCUT2D eigenvalue weighted by Crippen LogP contribution is 2.37. The van der Waals surface area contributed by atoms with Crippen LogP contribution in [0, 0.1) is 0 Å². The predicted molar refractivity (Wildman–Crippen MR) is 178 cm³/mol. The van der Waals surface area contributed by atoms with E-state index in [-0.39, 0.29) is 45.6 Å². The number of ether oxygens (including phenoxy) is 3. The minimum Gasteiger partial charge on any atom is -0.495 e. The molecule has 0 unspecified atom stereocenters. The van der Waals surface area contributed by atoms with Crippen LogP contribution in [0.1, 0.15) is 44.6 Å². The van der Waals surface area contributed by atoms with E-state index in [1.165, 1.54) is 56.6 Å². The zero-order chi connectivity index (χ0) is 33.3. The van der Waals surface area contributed by atoms with E-state index in [4.69, 9.17) is 25.8 Å². The van der Waals surface area contributed by atoms with E-state index in [0.29, 0.717) is 12.2 Å². The van der Waals surface area contributed by atoms with Gasteiger partial charge in [0.25, 0.3) is 10.0 Å². The molecule has 0 aromatic heterocycles. The van der Waals surface area contributed by atoms with Crippen LogP contribution in [0.15, 0.2) is 71.6 Å². The molecule has 10 nitrogen and oxygen atoms in total. The summed E-state index contributed by atoms with van der Waals surface area (Å²) in [7, 11) is -0.161. The Morgan fingerprint density at radius 1 is 0.891 bits per heavy atom. The molecule has 248 valence electrons. The van der Waals surface area contributed by atoms with E-state index in [0.717, 1.165) is 42.0 Å². The van der Waals surface area contributed by atoms with Crippen LogP contribution in [-0.4, -0.2) is 71.6 Å². The summed E-state index contributed by atoms with van der Waals surface area (Å²) in [4.78, 5) is 29.1. The third-order valence-electron chi connectivity index (χ3n) is 8.23. The second kappa shape index (κ2) is 16.0. The fraction of sp³-hybridized carbons (Fsp3) is 0.412. The molecule has 3 aromatic rings. The van der Waals surface area contributed by atoms with E-state index >= 15 is 0 Å². The fourth-order valence-electron chi connectivity index (χ4n) is 5.61. The lowest BCUT2D eigenvalue weighted by Crippen LogP contribution is -2.53. The number of carbonyl (C=O) groups excluding carboxylic acids is 2. The maximum atomic E-state index is 14.4. The van der Waals surface area contributed by atoms with Crippen molar-refractivity contribution in [3.63, 3.8) is 0 Å². The van der Waals surface area contributed by atoms with Crippen molar-refractivity contribution in [3.05, 3.63) is 77.3 Å². The molecule has 1 fully saturated rings. The summed E-state index contributed by atoms with van der Waals surface area (Å²) in [5, 5.41) is 3.36. The molecule has 4 rings (SSSR count). The number of hydrogen-bond donors (Lipinski definition) is 1. The van der Waals surface area contributed by atoms with Gasteiger partial charge in [-0.1, -0.05) is 61.2 Å². The molecule has 0 saturated heterocycles. The number of methoxy groups -OCH3 is 3. The van der Waals surface area contributed by atoms with Crippen molar-refractivity contribution in [1.29, 1.82) is 0 Å². The first-order valence-corrected chi connectivity index (χ1v) is 17.1. The molecule has 0 spiro atoms. The Morgan fingerprint density at radius 3 is 2.20 bits per heavy atom. The van der Waals surface area contributed by atoms with E-state index in [1.54, 1.807) is 13.0 Å². The zero-order valence-corrected chi connectivity index (χ0v) is 28.3. The fourth-order valence-corrected chi connectivity index (χ4v) is 7.21. The number of sulfonamides is 1. The van der Waals surface area contributed by atoms with Crippen LogP contribution in [0.2, 0.25) is 5.02 Å². The lowest BCUT2D eigenvalue weighted by Gasteiger charge is -2.33. The van der Waals surface area contributed by atoms with Crippen molar-refractivity contribution in [2.24, 2.45) is 0 Å². The average Bonchev–Trinajstić information content (AvgIpc) is 3.07. The Bertz CT molecular complexity index is 1600. The number of hydrogen-bond acceptors (Lipinski definition) is 7. The zero-order valence-electron chi connectivity index (χ0n) is 26.7. The lowest BCUT2D eigenvalue weighted by molar-refractivity contribution is -0.139. The van der Waals surface area contributed by atoms with Crippen LogP contribution in [0.5, 0.6) is 17.2 Å². The smallest absolute Gasteiger partial charge is 0.265 e. The van der Waals surface area contributed by atoms with Crippen LogP contribution in [0.3, 0.4) is 0 Å². The Labute approximate surface area is 276 Å². The molecule has 2 amide bonds. The number of nitrogens with one attached hydrogen (secondary N) is 1. The number of anilines is 1. The largest absolute Gasteiger partial charge is 0.495 e. The molecule has 46 heavy (non-hydrogen) atoms. The SMILES string of the molecule is COc1ccc(S(=O)(=O)N(CC(=O)N(CCc2ccccc2)[C@@H](C)C(=O)NC2CCCCC2)c2cc(Cl)ccc2OC)cc1OC. The normalized spacial score (nSPS) is 14.2. The summed E-state index contributed by atoms with van der Waals surface area (Å²) in [5.41, 5.74) is 1.05. The summed E-state index contributed by atoms with van der Waals surface area (Å²) in [6.45, 7) is 1.25. The maximum absolute atomic E-state index is 14.4. The van der Waals surface area contributed by atoms with Crippen molar-refractivity contribution in [2.75, 3.05) is 38.7 Å². The highest BCUT2D eigenvalue weighted by atomic mass is 35.5. The van der Waals surface area contributed by atoms with Crippen molar-refractivity contribution >= 4 is 39.1 Å². The highest BCUT2D eigenvalue weighted by Gasteiger charge is 2.35. The third kappa shape index (κ3) is 8.44. The summed E-state index contributed by atoms with van der Waals surface area (Å²) in [6.07, 6.45) is 5.48. The van der Waals surface area contributed by atoms with E-state index < -0.39 is 28.5 Å². The maximum Gasteiger partial charge on any atom is 0.265 e. The number of halogens is 1. The molecule has 1 aliphatic rings. The van der Waals surface area contributed by atoms with Crippen LogP contribution < -0.4 is 23.8 Å². The van der Waals surface area contributed by atoms with Crippen LogP contribution in [-0.2, 0) is 26.0 Å². The quantitative estimate of drug-likeness (QED) is 0.242. The van der Waals surface area contributed by atoms with Gasteiger partial charge in [-0.25, -0.2) is 8.42 Å². The Balaban J connectivity index is 1.73. The van der Waals surface area contributed by atoms with Gasteiger partial charge in [-0.2, -0.15) is 0 Å².